The minimum atomic E-state index is -0.208. The SMILES string of the molecule is C1=CN=CC1.CC(C)c1c(OCc2cccnc2)nc(-n2ccnc2)[nH]c1=O.Cc1nc(Cl)nc(OCc2cccnc2)c1C(C)C. The van der Waals surface area contributed by atoms with Crippen LogP contribution in [0.5, 0.6) is 11.8 Å². The number of hydrogen-bond donors (Lipinski definition) is 1. The lowest BCUT2D eigenvalue weighted by Gasteiger charge is -2.15. The van der Waals surface area contributed by atoms with Crippen LogP contribution in [-0.4, -0.2) is 45.7 Å². The lowest BCUT2D eigenvalue weighted by Crippen LogP contribution is -2.20. The van der Waals surface area contributed by atoms with Gasteiger partial charge in [-0.3, -0.25) is 29.3 Å². The Balaban J connectivity index is 0.000000187. The second-order valence-corrected chi connectivity index (χ2v) is 11.3. The summed E-state index contributed by atoms with van der Waals surface area (Å²) in [6.07, 6.45) is 18.5. The van der Waals surface area contributed by atoms with Gasteiger partial charge in [-0.05, 0) is 42.5 Å². The second-order valence-electron chi connectivity index (χ2n) is 10.9. The number of imidazole rings is 1. The molecular weight excluding hydrogens is 618 g/mol. The van der Waals surface area contributed by atoms with Crippen molar-refractivity contribution in [3.63, 3.8) is 0 Å². The molecule has 0 unspecified atom stereocenters. The summed E-state index contributed by atoms with van der Waals surface area (Å²) in [4.78, 5) is 43.8. The molecule has 1 N–H and O–H groups in total. The van der Waals surface area contributed by atoms with Crippen LogP contribution in [0.1, 0.15) is 73.9 Å². The van der Waals surface area contributed by atoms with E-state index < -0.39 is 0 Å². The van der Waals surface area contributed by atoms with Crippen molar-refractivity contribution in [2.45, 2.75) is 66.1 Å². The number of aryl methyl sites for hydroxylation is 1. The van der Waals surface area contributed by atoms with Crippen LogP contribution in [0.15, 0.2) is 89.8 Å². The van der Waals surface area contributed by atoms with Crippen molar-refractivity contribution in [2.75, 3.05) is 0 Å². The summed E-state index contributed by atoms with van der Waals surface area (Å²) in [5.41, 5.74) is 4.07. The van der Waals surface area contributed by atoms with Gasteiger partial charge in [-0.2, -0.15) is 9.97 Å². The van der Waals surface area contributed by atoms with Gasteiger partial charge in [-0.1, -0.05) is 45.9 Å². The predicted octanol–water partition coefficient (Wildman–Crippen LogP) is 6.56. The molecule has 5 aromatic rings. The predicted molar refractivity (Wildman–Crippen MR) is 181 cm³/mol. The summed E-state index contributed by atoms with van der Waals surface area (Å²) in [6, 6.07) is 7.58. The minimum absolute atomic E-state index is 0.00742. The normalized spacial score (nSPS) is 11.6. The molecule has 47 heavy (non-hydrogen) atoms. The monoisotopic (exact) mass is 655 g/mol. The third-order valence-corrected chi connectivity index (χ3v) is 6.79. The van der Waals surface area contributed by atoms with Gasteiger partial charge in [0, 0.05) is 78.4 Å². The molecule has 0 saturated heterocycles. The second kappa shape index (κ2) is 17.5. The third-order valence-electron chi connectivity index (χ3n) is 6.62. The number of aliphatic imine (C=N–C) groups is 1. The van der Waals surface area contributed by atoms with E-state index in [2.05, 4.69) is 53.7 Å². The Morgan fingerprint density at radius 2 is 1.51 bits per heavy atom. The van der Waals surface area contributed by atoms with Gasteiger partial charge in [0.2, 0.25) is 23.0 Å². The van der Waals surface area contributed by atoms with Crippen LogP contribution in [0.4, 0.5) is 0 Å². The van der Waals surface area contributed by atoms with Crippen molar-refractivity contribution in [1.29, 1.82) is 0 Å². The van der Waals surface area contributed by atoms with E-state index >= 15 is 0 Å². The number of H-pyrrole nitrogens is 1. The van der Waals surface area contributed by atoms with E-state index in [-0.39, 0.29) is 22.7 Å². The fraction of sp³-hybridized carbons (Fsp3) is 0.294. The number of nitrogens with one attached hydrogen (secondary N) is 1. The van der Waals surface area contributed by atoms with Crippen molar-refractivity contribution in [2.24, 2.45) is 4.99 Å². The number of pyridine rings is 2. The van der Waals surface area contributed by atoms with E-state index in [1.54, 1.807) is 54.3 Å². The van der Waals surface area contributed by atoms with Crippen LogP contribution in [0.25, 0.3) is 5.95 Å². The molecule has 12 nitrogen and oxygen atoms in total. The maximum Gasteiger partial charge on any atom is 0.259 e. The molecule has 0 aliphatic carbocycles. The maximum absolute atomic E-state index is 12.4. The van der Waals surface area contributed by atoms with Crippen molar-refractivity contribution in [3.05, 3.63) is 124 Å². The Bertz CT molecular complexity index is 1800. The molecule has 0 atom stereocenters. The van der Waals surface area contributed by atoms with Gasteiger partial charge < -0.3 is 9.47 Å². The first-order valence-electron chi connectivity index (χ1n) is 15.1. The molecule has 244 valence electrons. The molecule has 0 aromatic carbocycles. The molecule has 0 saturated carbocycles. The van der Waals surface area contributed by atoms with Gasteiger partial charge in [-0.25, -0.2) is 9.97 Å². The molecule has 0 radical (unpaired) electrons. The number of halogens is 1. The number of aromatic nitrogens is 8. The molecule has 6 heterocycles. The standard InChI is InChI=1S/C16H17N5O2.C14H16ClN3O.C4H5N/c1-11(2)13-14(22)19-16(21-7-6-18-10-21)20-15(13)23-9-12-4-3-5-17-8-12;1-9(2)12-10(3)17-14(15)18-13(12)19-8-11-5-4-6-16-7-11;1-2-4-5-3-1/h3-8,10-11H,9H2,1-2H3,(H,19,20,22);4-7,9H,8H2,1-3H3;1,3-4H,2H2. The van der Waals surface area contributed by atoms with E-state index in [0.29, 0.717) is 36.5 Å². The molecule has 0 amide bonds. The summed E-state index contributed by atoms with van der Waals surface area (Å²) in [5, 5.41) is 0.211. The summed E-state index contributed by atoms with van der Waals surface area (Å²) >= 11 is 5.89. The van der Waals surface area contributed by atoms with E-state index in [1.165, 1.54) is 0 Å². The Kier molecular flexibility index (Phi) is 12.9. The Hall–Kier alpha value is -5.23. The highest BCUT2D eigenvalue weighted by molar-refractivity contribution is 6.28. The zero-order chi connectivity index (χ0) is 33.6. The highest BCUT2D eigenvalue weighted by Crippen LogP contribution is 2.28. The number of hydrogen-bond acceptors (Lipinski definition) is 10. The number of rotatable bonds is 9. The number of allylic oxidation sites excluding steroid dienone is 1. The van der Waals surface area contributed by atoms with Crippen molar-refractivity contribution >= 4 is 17.8 Å². The highest BCUT2D eigenvalue weighted by atomic mass is 35.5. The molecule has 1 aliphatic heterocycles. The van der Waals surface area contributed by atoms with Crippen LogP contribution < -0.4 is 15.0 Å². The van der Waals surface area contributed by atoms with Gasteiger partial charge in [0.15, 0.2) is 0 Å². The van der Waals surface area contributed by atoms with Gasteiger partial charge in [0.25, 0.3) is 5.56 Å². The average Bonchev–Trinajstić information content (AvgIpc) is 3.81. The van der Waals surface area contributed by atoms with E-state index in [4.69, 9.17) is 21.1 Å². The Morgan fingerprint density at radius 1 is 0.872 bits per heavy atom. The summed E-state index contributed by atoms with van der Waals surface area (Å²) < 4.78 is 13.2. The number of nitrogens with zero attached hydrogens (tertiary/aromatic N) is 8. The van der Waals surface area contributed by atoms with Gasteiger partial charge in [0.1, 0.15) is 19.5 Å². The molecule has 13 heteroatoms. The lowest BCUT2D eigenvalue weighted by atomic mass is 10.0. The fourth-order valence-corrected chi connectivity index (χ4v) is 4.65. The fourth-order valence-electron chi connectivity index (χ4n) is 4.45. The molecule has 0 bridgehead atoms. The topological polar surface area (TPSA) is 146 Å². The van der Waals surface area contributed by atoms with E-state index in [9.17, 15) is 4.79 Å². The van der Waals surface area contributed by atoms with Crippen LogP contribution in [0.3, 0.4) is 0 Å². The first-order chi connectivity index (χ1) is 22.7. The largest absolute Gasteiger partial charge is 0.472 e. The van der Waals surface area contributed by atoms with Crippen LogP contribution >= 0.6 is 11.6 Å². The first kappa shape index (κ1) is 34.6. The van der Waals surface area contributed by atoms with Crippen molar-refractivity contribution < 1.29 is 9.47 Å². The zero-order valence-corrected chi connectivity index (χ0v) is 27.8. The van der Waals surface area contributed by atoms with Crippen LogP contribution in [0.2, 0.25) is 5.28 Å². The zero-order valence-electron chi connectivity index (χ0n) is 27.0. The summed E-state index contributed by atoms with van der Waals surface area (Å²) in [6.45, 7) is 10.7. The molecule has 0 spiro atoms. The van der Waals surface area contributed by atoms with Gasteiger partial charge in [0.05, 0.1) is 5.56 Å². The first-order valence-corrected chi connectivity index (χ1v) is 15.5. The quantitative estimate of drug-likeness (QED) is 0.174. The van der Waals surface area contributed by atoms with Gasteiger partial charge in [-0.15, -0.1) is 0 Å². The minimum Gasteiger partial charge on any atom is -0.472 e. The lowest BCUT2D eigenvalue weighted by molar-refractivity contribution is 0.287. The smallest absolute Gasteiger partial charge is 0.259 e. The number of ether oxygens (including phenoxy) is 2. The van der Waals surface area contributed by atoms with Crippen molar-refractivity contribution in [1.82, 2.24) is 39.5 Å². The molecule has 0 fully saturated rings. The molecule has 6 rings (SSSR count). The Morgan fingerprint density at radius 3 is 1.98 bits per heavy atom. The summed E-state index contributed by atoms with van der Waals surface area (Å²) in [5.74, 6) is 1.53. The molecule has 5 aromatic heterocycles. The van der Waals surface area contributed by atoms with Crippen molar-refractivity contribution in [3.8, 4) is 17.7 Å². The number of aromatic amines is 1. The van der Waals surface area contributed by atoms with Crippen LogP contribution in [-0.2, 0) is 13.2 Å². The van der Waals surface area contributed by atoms with E-state index in [1.807, 2.05) is 57.3 Å². The summed E-state index contributed by atoms with van der Waals surface area (Å²) in [7, 11) is 0. The third kappa shape index (κ3) is 10.4. The Labute approximate surface area is 278 Å². The maximum atomic E-state index is 12.4. The average molecular weight is 656 g/mol. The van der Waals surface area contributed by atoms with Crippen LogP contribution in [0, 0.1) is 6.92 Å². The molecule has 1 aliphatic rings. The molecular formula is C34H38ClN9O3. The van der Waals surface area contributed by atoms with E-state index in [0.717, 1.165) is 28.8 Å². The van der Waals surface area contributed by atoms with Gasteiger partial charge >= 0.3 is 0 Å². The highest BCUT2D eigenvalue weighted by Gasteiger charge is 2.18.